The number of aliphatic hydroxyl groups excluding tert-OH is 4. The van der Waals surface area contributed by atoms with Crippen molar-refractivity contribution < 1.29 is 20.4 Å². The largest absolute Gasteiger partial charge is 0.387 e. The van der Waals surface area contributed by atoms with Gasteiger partial charge in [-0.05, 0) is 11.1 Å². The highest BCUT2D eigenvalue weighted by Gasteiger charge is 2.39. The third-order valence-corrected chi connectivity index (χ3v) is 2.63. The maximum absolute atomic E-state index is 9.60. The fraction of sp³-hybridized carbons (Fsp3) is 0.400. The predicted octanol–water partition coefficient (Wildman–Crippen LogP) is -0.511. The smallest absolute Gasteiger partial charge is 0.113 e. The van der Waals surface area contributed by atoms with Crippen molar-refractivity contribution >= 4 is 0 Å². The summed E-state index contributed by atoms with van der Waals surface area (Å²) in [5.41, 5.74) is 0.940. The first-order valence-electron chi connectivity index (χ1n) is 4.44. The van der Waals surface area contributed by atoms with Gasteiger partial charge in [-0.15, -0.1) is 0 Å². The van der Waals surface area contributed by atoms with Gasteiger partial charge in [0.25, 0.3) is 0 Å². The lowest BCUT2D eigenvalue weighted by Crippen LogP contribution is -2.41. The molecule has 0 radical (unpaired) electrons. The number of benzene rings is 1. The third-order valence-electron chi connectivity index (χ3n) is 2.63. The molecule has 4 atom stereocenters. The summed E-state index contributed by atoms with van der Waals surface area (Å²) < 4.78 is 0. The molecular formula is C10H12O4. The van der Waals surface area contributed by atoms with Gasteiger partial charge in [0.2, 0.25) is 0 Å². The van der Waals surface area contributed by atoms with E-state index < -0.39 is 24.4 Å². The minimum Gasteiger partial charge on any atom is -0.387 e. The van der Waals surface area contributed by atoms with Crippen LogP contribution in [0.5, 0.6) is 0 Å². The zero-order valence-corrected chi connectivity index (χ0v) is 7.41. The summed E-state index contributed by atoms with van der Waals surface area (Å²) in [6.45, 7) is 0. The Morgan fingerprint density at radius 2 is 1.07 bits per heavy atom. The molecule has 0 saturated heterocycles. The van der Waals surface area contributed by atoms with Crippen LogP contribution in [0.4, 0.5) is 0 Å². The molecule has 1 aliphatic carbocycles. The summed E-state index contributed by atoms with van der Waals surface area (Å²) in [5, 5.41) is 38.0. The lowest BCUT2D eigenvalue weighted by molar-refractivity contribution is -0.120. The molecule has 0 amide bonds. The SMILES string of the molecule is O[C@H]1[C@H](O)[C@H](O)c2ccccc2[C@H]1O. The van der Waals surface area contributed by atoms with Crippen LogP contribution < -0.4 is 0 Å². The highest BCUT2D eigenvalue weighted by Crippen LogP contribution is 2.36. The van der Waals surface area contributed by atoms with Crippen molar-refractivity contribution in [2.75, 3.05) is 0 Å². The first-order valence-corrected chi connectivity index (χ1v) is 4.44. The molecule has 0 heterocycles. The molecule has 1 aromatic rings. The molecule has 0 spiro atoms. The van der Waals surface area contributed by atoms with Crippen LogP contribution in [0.15, 0.2) is 24.3 Å². The van der Waals surface area contributed by atoms with E-state index >= 15 is 0 Å². The summed E-state index contributed by atoms with van der Waals surface area (Å²) in [6.07, 6.45) is -4.94. The number of rotatable bonds is 0. The van der Waals surface area contributed by atoms with Gasteiger partial charge in [0, 0.05) is 0 Å². The van der Waals surface area contributed by atoms with E-state index in [0.29, 0.717) is 11.1 Å². The molecule has 4 N–H and O–H groups in total. The Morgan fingerprint density at radius 3 is 1.43 bits per heavy atom. The maximum atomic E-state index is 9.60. The van der Waals surface area contributed by atoms with Gasteiger partial charge in [0.1, 0.15) is 24.4 Å². The lowest BCUT2D eigenvalue weighted by atomic mass is 9.83. The van der Waals surface area contributed by atoms with E-state index in [1.165, 1.54) is 0 Å². The van der Waals surface area contributed by atoms with E-state index in [2.05, 4.69) is 0 Å². The van der Waals surface area contributed by atoms with Crippen molar-refractivity contribution in [3.8, 4) is 0 Å². The molecule has 0 aromatic heterocycles. The Morgan fingerprint density at radius 1 is 0.714 bits per heavy atom. The average Bonchev–Trinajstić information content (AvgIpc) is 2.23. The first kappa shape index (κ1) is 9.61. The molecular weight excluding hydrogens is 184 g/mol. The second-order valence-corrected chi connectivity index (χ2v) is 3.50. The maximum Gasteiger partial charge on any atom is 0.113 e. The van der Waals surface area contributed by atoms with Gasteiger partial charge in [-0.25, -0.2) is 0 Å². The Kier molecular flexibility index (Phi) is 2.28. The average molecular weight is 196 g/mol. The van der Waals surface area contributed by atoms with E-state index in [-0.39, 0.29) is 0 Å². The molecule has 76 valence electrons. The number of fused-ring (bicyclic) bond motifs is 1. The summed E-state index contributed by atoms with van der Waals surface area (Å²) in [7, 11) is 0. The normalized spacial score (nSPS) is 36.6. The lowest BCUT2D eigenvalue weighted by Gasteiger charge is -2.34. The molecule has 0 unspecified atom stereocenters. The molecule has 0 aliphatic heterocycles. The van der Waals surface area contributed by atoms with Crippen LogP contribution in [0.25, 0.3) is 0 Å². The number of aliphatic hydroxyl groups is 4. The minimum absolute atomic E-state index is 0.470. The fourth-order valence-electron chi connectivity index (χ4n) is 1.79. The van der Waals surface area contributed by atoms with Gasteiger partial charge in [-0.3, -0.25) is 0 Å². The van der Waals surface area contributed by atoms with Crippen molar-refractivity contribution in [2.24, 2.45) is 0 Å². The van der Waals surface area contributed by atoms with Crippen molar-refractivity contribution in [2.45, 2.75) is 24.4 Å². The first-order chi connectivity index (χ1) is 6.63. The molecule has 1 aliphatic rings. The Hall–Kier alpha value is -0.940. The fourth-order valence-corrected chi connectivity index (χ4v) is 1.79. The summed E-state index contributed by atoms with van der Waals surface area (Å²) in [6, 6.07) is 6.66. The van der Waals surface area contributed by atoms with Crippen LogP contribution in [0.2, 0.25) is 0 Å². The Labute approximate surface area is 81.1 Å². The number of hydrogen-bond donors (Lipinski definition) is 4. The van der Waals surface area contributed by atoms with E-state index in [4.69, 9.17) is 0 Å². The topological polar surface area (TPSA) is 80.9 Å². The number of hydrogen-bond acceptors (Lipinski definition) is 4. The standard InChI is InChI=1S/C10H12O4/c11-7-5-3-1-2-4-6(5)8(12)10(14)9(7)13/h1-4,7-14H/t7-,8-,9-,10-/m1/s1. The highest BCUT2D eigenvalue weighted by molar-refractivity contribution is 5.35. The van der Waals surface area contributed by atoms with Crippen molar-refractivity contribution in [3.05, 3.63) is 35.4 Å². The molecule has 4 heteroatoms. The van der Waals surface area contributed by atoms with Crippen LogP contribution in [0.3, 0.4) is 0 Å². The van der Waals surface area contributed by atoms with Crippen LogP contribution >= 0.6 is 0 Å². The van der Waals surface area contributed by atoms with Crippen molar-refractivity contribution in [3.63, 3.8) is 0 Å². The zero-order chi connectivity index (χ0) is 10.3. The second kappa shape index (κ2) is 3.33. The predicted molar refractivity (Wildman–Crippen MR) is 48.4 cm³/mol. The minimum atomic E-state index is -1.33. The van der Waals surface area contributed by atoms with Crippen LogP contribution in [0.1, 0.15) is 23.3 Å². The van der Waals surface area contributed by atoms with E-state index in [1.807, 2.05) is 0 Å². The third kappa shape index (κ3) is 1.24. The van der Waals surface area contributed by atoms with Crippen LogP contribution in [0, 0.1) is 0 Å². The van der Waals surface area contributed by atoms with E-state index in [9.17, 15) is 20.4 Å². The van der Waals surface area contributed by atoms with Crippen LogP contribution in [-0.2, 0) is 0 Å². The second-order valence-electron chi connectivity index (χ2n) is 3.50. The molecule has 14 heavy (non-hydrogen) atoms. The van der Waals surface area contributed by atoms with E-state index in [1.54, 1.807) is 24.3 Å². The van der Waals surface area contributed by atoms with Gasteiger partial charge in [0.15, 0.2) is 0 Å². The highest BCUT2D eigenvalue weighted by atomic mass is 16.4. The van der Waals surface area contributed by atoms with Crippen LogP contribution in [-0.4, -0.2) is 32.6 Å². The Balaban J connectivity index is 2.51. The van der Waals surface area contributed by atoms with Gasteiger partial charge >= 0.3 is 0 Å². The molecule has 0 fully saturated rings. The molecule has 0 bridgehead atoms. The summed E-state index contributed by atoms with van der Waals surface area (Å²) >= 11 is 0. The summed E-state index contributed by atoms with van der Waals surface area (Å²) in [5.74, 6) is 0. The molecule has 4 nitrogen and oxygen atoms in total. The van der Waals surface area contributed by atoms with Gasteiger partial charge < -0.3 is 20.4 Å². The van der Waals surface area contributed by atoms with Crippen molar-refractivity contribution in [1.29, 1.82) is 0 Å². The van der Waals surface area contributed by atoms with Gasteiger partial charge in [-0.2, -0.15) is 0 Å². The Bertz CT molecular complexity index is 306. The zero-order valence-electron chi connectivity index (χ0n) is 7.41. The van der Waals surface area contributed by atoms with Gasteiger partial charge in [-0.1, -0.05) is 24.3 Å². The van der Waals surface area contributed by atoms with Gasteiger partial charge in [0.05, 0.1) is 0 Å². The molecule has 2 rings (SSSR count). The monoisotopic (exact) mass is 196 g/mol. The molecule has 1 aromatic carbocycles. The summed E-state index contributed by atoms with van der Waals surface area (Å²) in [4.78, 5) is 0. The van der Waals surface area contributed by atoms with E-state index in [0.717, 1.165) is 0 Å². The quantitative estimate of drug-likeness (QED) is 0.450. The molecule has 0 saturated carbocycles. The van der Waals surface area contributed by atoms with Crippen molar-refractivity contribution in [1.82, 2.24) is 0 Å².